The number of carbonyl (C=O) groups is 1. The van der Waals surface area contributed by atoms with Gasteiger partial charge >= 0.3 is 0 Å². The van der Waals surface area contributed by atoms with E-state index in [0.717, 1.165) is 24.6 Å². The van der Waals surface area contributed by atoms with Gasteiger partial charge in [-0.2, -0.15) is 11.8 Å². The zero-order chi connectivity index (χ0) is 14.5. The quantitative estimate of drug-likeness (QED) is 0.849. The number of hydrogen-bond donors (Lipinski definition) is 0. The minimum atomic E-state index is 0.00422. The van der Waals surface area contributed by atoms with Crippen LogP contribution in [0, 0.1) is 0 Å². The van der Waals surface area contributed by atoms with Gasteiger partial charge in [-0.25, -0.2) is 0 Å². The number of nitrogens with zero attached hydrogens (tertiary/aromatic N) is 1. The lowest BCUT2D eigenvalue weighted by molar-refractivity contribution is 0.0771. The summed E-state index contributed by atoms with van der Waals surface area (Å²) in [6.07, 6.45) is 0. The molecule has 0 aliphatic carbocycles. The molecular weight excluding hydrogens is 278 g/mol. The van der Waals surface area contributed by atoms with Gasteiger partial charge in [0.2, 0.25) is 5.75 Å². The molecule has 1 aliphatic rings. The van der Waals surface area contributed by atoms with E-state index in [0.29, 0.717) is 22.8 Å². The Bertz CT molecular complexity index is 461. The number of hydrogen-bond acceptors (Lipinski definition) is 5. The average molecular weight is 297 g/mol. The van der Waals surface area contributed by atoms with Gasteiger partial charge in [0.25, 0.3) is 5.91 Å². The van der Waals surface area contributed by atoms with Gasteiger partial charge in [-0.15, -0.1) is 0 Å². The molecule has 0 saturated carbocycles. The lowest BCUT2D eigenvalue weighted by atomic mass is 10.1. The highest BCUT2D eigenvalue weighted by Gasteiger charge is 2.22. The second-order valence-corrected chi connectivity index (χ2v) is 5.54. The third-order valence-corrected chi connectivity index (χ3v) is 4.15. The number of methoxy groups -OCH3 is 3. The maximum Gasteiger partial charge on any atom is 0.254 e. The Labute approximate surface area is 123 Å². The first-order valence-electron chi connectivity index (χ1n) is 6.38. The van der Waals surface area contributed by atoms with E-state index in [9.17, 15) is 4.79 Å². The summed E-state index contributed by atoms with van der Waals surface area (Å²) in [6, 6.07) is 3.40. The van der Waals surface area contributed by atoms with Gasteiger partial charge in [0.1, 0.15) is 0 Å². The molecule has 20 heavy (non-hydrogen) atoms. The molecule has 0 spiro atoms. The highest BCUT2D eigenvalue weighted by molar-refractivity contribution is 7.99. The second kappa shape index (κ2) is 6.74. The van der Waals surface area contributed by atoms with Crippen LogP contribution in [0.4, 0.5) is 0 Å². The normalized spacial score (nSPS) is 14.8. The third-order valence-electron chi connectivity index (χ3n) is 3.21. The fraction of sp³-hybridized carbons (Fsp3) is 0.500. The third kappa shape index (κ3) is 2.95. The maximum atomic E-state index is 12.5. The highest BCUT2D eigenvalue weighted by atomic mass is 32.2. The molecule has 1 aromatic rings. The van der Waals surface area contributed by atoms with E-state index in [-0.39, 0.29) is 5.91 Å². The van der Waals surface area contributed by atoms with Crippen LogP contribution in [-0.4, -0.2) is 56.7 Å². The molecule has 1 saturated heterocycles. The van der Waals surface area contributed by atoms with Crippen LogP contribution in [-0.2, 0) is 0 Å². The predicted octanol–water partition coefficient (Wildman–Crippen LogP) is 1.90. The fourth-order valence-corrected chi connectivity index (χ4v) is 3.06. The Morgan fingerprint density at radius 2 is 1.60 bits per heavy atom. The molecule has 1 heterocycles. The van der Waals surface area contributed by atoms with Crippen molar-refractivity contribution in [3.8, 4) is 17.2 Å². The highest BCUT2D eigenvalue weighted by Crippen LogP contribution is 2.38. The van der Waals surface area contributed by atoms with Gasteiger partial charge < -0.3 is 19.1 Å². The topological polar surface area (TPSA) is 48.0 Å². The van der Waals surface area contributed by atoms with E-state index in [4.69, 9.17) is 14.2 Å². The van der Waals surface area contributed by atoms with E-state index in [2.05, 4.69) is 0 Å². The molecule has 0 bridgehead atoms. The Hall–Kier alpha value is -1.56. The van der Waals surface area contributed by atoms with Crippen LogP contribution >= 0.6 is 11.8 Å². The standard InChI is InChI=1S/C14H19NO4S/c1-17-11-8-10(9-12(18-2)13(11)19-3)14(16)15-4-6-20-7-5-15/h8-9H,4-7H2,1-3H3. The van der Waals surface area contributed by atoms with E-state index in [1.165, 1.54) is 0 Å². The molecule has 110 valence electrons. The SMILES string of the molecule is COc1cc(C(=O)N2CCSCC2)cc(OC)c1OC. The first-order chi connectivity index (χ1) is 9.71. The van der Waals surface area contributed by atoms with Crippen LogP contribution in [0.25, 0.3) is 0 Å². The van der Waals surface area contributed by atoms with Crippen molar-refractivity contribution in [1.82, 2.24) is 4.90 Å². The summed E-state index contributed by atoms with van der Waals surface area (Å²) in [6.45, 7) is 1.56. The summed E-state index contributed by atoms with van der Waals surface area (Å²) in [5.41, 5.74) is 0.561. The van der Waals surface area contributed by atoms with E-state index >= 15 is 0 Å². The minimum absolute atomic E-state index is 0.00422. The molecule has 2 rings (SSSR count). The number of ether oxygens (including phenoxy) is 3. The molecule has 0 atom stereocenters. The number of carbonyl (C=O) groups excluding carboxylic acids is 1. The van der Waals surface area contributed by atoms with Gasteiger partial charge in [0, 0.05) is 30.2 Å². The van der Waals surface area contributed by atoms with Crippen LogP contribution in [0.5, 0.6) is 17.2 Å². The van der Waals surface area contributed by atoms with Gasteiger partial charge in [-0.1, -0.05) is 0 Å². The Balaban J connectivity index is 2.33. The lowest BCUT2D eigenvalue weighted by Crippen LogP contribution is -2.37. The zero-order valence-electron chi connectivity index (χ0n) is 12.0. The average Bonchev–Trinajstić information content (AvgIpc) is 2.53. The Kier molecular flexibility index (Phi) is 5.00. The van der Waals surface area contributed by atoms with Crippen LogP contribution in [0.2, 0.25) is 0 Å². The molecule has 6 heteroatoms. The van der Waals surface area contributed by atoms with Crippen LogP contribution in [0.15, 0.2) is 12.1 Å². The fourth-order valence-electron chi connectivity index (χ4n) is 2.15. The van der Waals surface area contributed by atoms with Crippen LogP contribution in [0.1, 0.15) is 10.4 Å². The Morgan fingerprint density at radius 3 is 2.05 bits per heavy atom. The van der Waals surface area contributed by atoms with Crippen molar-refractivity contribution in [1.29, 1.82) is 0 Å². The van der Waals surface area contributed by atoms with Crippen LogP contribution in [0.3, 0.4) is 0 Å². The van der Waals surface area contributed by atoms with Crippen molar-refractivity contribution in [2.24, 2.45) is 0 Å². The largest absolute Gasteiger partial charge is 0.493 e. The number of rotatable bonds is 4. The number of benzene rings is 1. The molecule has 0 unspecified atom stereocenters. The van der Waals surface area contributed by atoms with Crippen molar-refractivity contribution in [3.05, 3.63) is 17.7 Å². The van der Waals surface area contributed by atoms with Crippen molar-refractivity contribution >= 4 is 17.7 Å². The summed E-state index contributed by atoms with van der Waals surface area (Å²) >= 11 is 1.87. The maximum absolute atomic E-state index is 12.5. The Morgan fingerprint density at radius 1 is 1.05 bits per heavy atom. The summed E-state index contributed by atoms with van der Waals surface area (Å²) in [7, 11) is 4.63. The predicted molar refractivity (Wildman–Crippen MR) is 79.3 cm³/mol. The lowest BCUT2D eigenvalue weighted by Gasteiger charge is -2.27. The number of thioether (sulfide) groups is 1. The molecule has 0 aromatic heterocycles. The molecular formula is C14H19NO4S. The molecule has 1 aliphatic heterocycles. The molecule has 1 fully saturated rings. The molecule has 1 amide bonds. The van der Waals surface area contributed by atoms with E-state index in [1.807, 2.05) is 16.7 Å². The van der Waals surface area contributed by atoms with Gasteiger partial charge in [-0.3, -0.25) is 4.79 Å². The second-order valence-electron chi connectivity index (χ2n) is 4.32. The molecule has 0 N–H and O–H groups in total. The number of amides is 1. The first kappa shape index (κ1) is 14.8. The van der Waals surface area contributed by atoms with E-state index in [1.54, 1.807) is 33.5 Å². The van der Waals surface area contributed by atoms with Crippen molar-refractivity contribution in [2.75, 3.05) is 45.9 Å². The van der Waals surface area contributed by atoms with Crippen LogP contribution < -0.4 is 14.2 Å². The monoisotopic (exact) mass is 297 g/mol. The smallest absolute Gasteiger partial charge is 0.254 e. The minimum Gasteiger partial charge on any atom is -0.493 e. The van der Waals surface area contributed by atoms with Gasteiger partial charge in [0.15, 0.2) is 11.5 Å². The van der Waals surface area contributed by atoms with E-state index < -0.39 is 0 Å². The summed E-state index contributed by atoms with van der Waals surface area (Å²) < 4.78 is 15.8. The molecule has 0 radical (unpaired) electrons. The summed E-state index contributed by atoms with van der Waals surface area (Å²) in [5, 5.41) is 0. The molecule has 5 nitrogen and oxygen atoms in total. The molecule has 1 aromatic carbocycles. The zero-order valence-corrected chi connectivity index (χ0v) is 12.8. The van der Waals surface area contributed by atoms with Crippen molar-refractivity contribution in [2.45, 2.75) is 0 Å². The summed E-state index contributed by atoms with van der Waals surface area (Å²) in [4.78, 5) is 14.4. The first-order valence-corrected chi connectivity index (χ1v) is 7.53. The van der Waals surface area contributed by atoms with Crippen molar-refractivity contribution in [3.63, 3.8) is 0 Å². The van der Waals surface area contributed by atoms with Crippen molar-refractivity contribution < 1.29 is 19.0 Å². The summed E-state index contributed by atoms with van der Waals surface area (Å²) in [5.74, 6) is 3.47. The van der Waals surface area contributed by atoms with Gasteiger partial charge in [0.05, 0.1) is 21.3 Å². The van der Waals surface area contributed by atoms with Gasteiger partial charge in [-0.05, 0) is 12.1 Å².